The summed E-state index contributed by atoms with van der Waals surface area (Å²) in [6.07, 6.45) is 32.8. The normalized spacial score (nSPS) is 25.7. The summed E-state index contributed by atoms with van der Waals surface area (Å²) in [7, 11) is 0. The van der Waals surface area contributed by atoms with Gasteiger partial charge in [-0.25, -0.2) is 0 Å². The summed E-state index contributed by atoms with van der Waals surface area (Å²) in [4.78, 5) is 0. The third kappa shape index (κ3) is 10.3. The monoisotopic (exact) mass is 633 g/mol. The van der Waals surface area contributed by atoms with Gasteiger partial charge in [0.05, 0.1) is 0 Å². The van der Waals surface area contributed by atoms with Crippen molar-refractivity contribution in [1.29, 1.82) is 0 Å². The molecule has 0 heteroatoms. The fourth-order valence-corrected chi connectivity index (χ4v) is 9.35. The van der Waals surface area contributed by atoms with Gasteiger partial charge in [-0.05, 0) is 133 Å². The maximum absolute atomic E-state index is 4.75. The van der Waals surface area contributed by atoms with E-state index in [2.05, 4.69) is 70.3 Å². The third-order valence-electron chi connectivity index (χ3n) is 13.0. The predicted octanol–water partition coefficient (Wildman–Crippen LogP) is 14.8. The Hall–Kier alpha value is -2.34. The predicted molar refractivity (Wildman–Crippen MR) is 208 cm³/mol. The smallest absolute Gasteiger partial charge is 0.00230 e. The summed E-state index contributed by atoms with van der Waals surface area (Å²) >= 11 is 0. The molecule has 2 atom stereocenters. The van der Waals surface area contributed by atoms with E-state index in [1.807, 2.05) is 0 Å². The van der Waals surface area contributed by atoms with Crippen LogP contribution in [0.25, 0.3) is 5.57 Å². The highest BCUT2D eigenvalue weighted by Gasteiger charge is 2.25. The molecule has 0 unspecified atom stereocenters. The lowest BCUT2D eigenvalue weighted by atomic mass is 9.76. The Labute approximate surface area is 290 Å². The van der Waals surface area contributed by atoms with Gasteiger partial charge in [0.15, 0.2) is 0 Å². The molecule has 1 aromatic rings. The zero-order valence-electron chi connectivity index (χ0n) is 30.8. The minimum atomic E-state index is 0.511. The van der Waals surface area contributed by atoms with Gasteiger partial charge in [-0.3, -0.25) is 0 Å². The molecule has 0 amide bonds. The molecule has 256 valence electrons. The highest BCUT2D eigenvalue weighted by Crippen LogP contribution is 2.42. The first-order valence-electron chi connectivity index (χ1n) is 20.1. The van der Waals surface area contributed by atoms with Crippen LogP contribution in [0.4, 0.5) is 0 Å². The fourth-order valence-electron chi connectivity index (χ4n) is 9.35. The van der Waals surface area contributed by atoms with Gasteiger partial charge in [0, 0.05) is 0 Å². The van der Waals surface area contributed by atoms with E-state index in [0.29, 0.717) is 5.92 Å². The van der Waals surface area contributed by atoms with Crippen LogP contribution in [-0.4, -0.2) is 0 Å². The van der Waals surface area contributed by atoms with Gasteiger partial charge in [-0.15, -0.1) is 0 Å². The Morgan fingerprint density at radius 3 is 2.32 bits per heavy atom. The Kier molecular flexibility index (Phi) is 13.7. The van der Waals surface area contributed by atoms with E-state index < -0.39 is 0 Å². The van der Waals surface area contributed by atoms with Crippen molar-refractivity contribution in [1.82, 2.24) is 0 Å². The summed E-state index contributed by atoms with van der Waals surface area (Å²) in [5.74, 6) is 4.16. The Bertz CT molecular complexity index is 1310. The molecule has 0 heterocycles. The number of allylic oxidation sites excluding steroid dienone is 9. The van der Waals surface area contributed by atoms with Crippen LogP contribution < -0.4 is 0 Å². The average molecular weight is 633 g/mol. The molecule has 4 aliphatic rings. The number of benzene rings is 1. The number of rotatable bonds is 15. The molecule has 0 aromatic heterocycles. The lowest BCUT2D eigenvalue weighted by Gasteiger charge is -2.29. The standard InChI is InChI=1S/C47H68/c1-7-38-22-24-41(25-23-38)26-27-44(43-19-13-18-42(31-43)34(3)14-12-17-40-15-10-9-11-16-40)28-36(5)45-29-37(6)47(32-45)33-46-30-39(8-2)21-20-35(46)4/h13,18-19,31-33,38-41,44H,3,5-12,14-17,20-30H2,1-2,4H3/b47-33-/t38?,39-,41?,44-/m0/s1. The second kappa shape index (κ2) is 17.9. The van der Waals surface area contributed by atoms with Crippen molar-refractivity contribution in [3.05, 3.63) is 101 Å². The van der Waals surface area contributed by atoms with Gasteiger partial charge in [0.1, 0.15) is 0 Å². The summed E-state index contributed by atoms with van der Waals surface area (Å²) in [6.45, 7) is 21.0. The number of hydrogen-bond acceptors (Lipinski definition) is 0. The zero-order valence-corrected chi connectivity index (χ0v) is 30.8. The van der Waals surface area contributed by atoms with E-state index in [-0.39, 0.29) is 0 Å². The highest BCUT2D eigenvalue weighted by atomic mass is 14.3. The van der Waals surface area contributed by atoms with E-state index in [9.17, 15) is 0 Å². The van der Waals surface area contributed by atoms with Crippen molar-refractivity contribution in [3.8, 4) is 0 Å². The second-order valence-corrected chi connectivity index (χ2v) is 16.4. The van der Waals surface area contributed by atoms with Gasteiger partial charge in [0.25, 0.3) is 0 Å². The van der Waals surface area contributed by atoms with Crippen LogP contribution >= 0.6 is 0 Å². The molecule has 2 fully saturated rings. The van der Waals surface area contributed by atoms with Crippen molar-refractivity contribution >= 4 is 5.57 Å². The molecule has 0 N–H and O–H groups in total. The van der Waals surface area contributed by atoms with E-state index in [0.717, 1.165) is 42.9 Å². The minimum absolute atomic E-state index is 0.511. The Morgan fingerprint density at radius 2 is 1.57 bits per heavy atom. The topological polar surface area (TPSA) is 0 Å². The summed E-state index contributed by atoms with van der Waals surface area (Å²) in [6, 6.07) is 9.53. The van der Waals surface area contributed by atoms with E-state index in [1.54, 1.807) is 11.1 Å². The summed E-state index contributed by atoms with van der Waals surface area (Å²) in [5, 5.41) is 0. The molecule has 5 rings (SSSR count). The van der Waals surface area contributed by atoms with E-state index in [4.69, 9.17) is 6.58 Å². The zero-order chi connectivity index (χ0) is 33.2. The maximum atomic E-state index is 4.75. The summed E-state index contributed by atoms with van der Waals surface area (Å²) in [5.41, 5.74) is 12.7. The van der Waals surface area contributed by atoms with Gasteiger partial charge in [-0.1, -0.05) is 158 Å². The van der Waals surface area contributed by atoms with Crippen molar-refractivity contribution < 1.29 is 0 Å². The highest BCUT2D eigenvalue weighted by molar-refractivity contribution is 5.64. The lowest BCUT2D eigenvalue weighted by Crippen LogP contribution is -2.15. The molecule has 0 radical (unpaired) electrons. The first kappa shape index (κ1) is 36.0. The molecule has 4 aliphatic carbocycles. The van der Waals surface area contributed by atoms with Gasteiger partial charge >= 0.3 is 0 Å². The van der Waals surface area contributed by atoms with Gasteiger partial charge < -0.3 is 0 Å². The number of hydrogen-bond donors (Lipinski definition) is 0. The van der Waals surface area contributed by atoms with Crippen LogP contribution in [0.15, 0.2) is 89.6 Å². The van der Waals surface area contributed by atoms with Crippen molar-refractivity contribution in [2.24, 2.45) is 23.7 Å². The SMILES string of the molecule is C=C(C[C@H](CCC1CCC(CC)CC1)c1cccc(C(=C)CCCC2CCCCC2)c1)C1=C/C(=C/C2=C(C)CC[C@H](CC)C2)C(=C)C1. The largest absolute Gasteiger partial charge is 0.0955 e. The van der Waals surface area contributed by atoms with Crippen molar-refractivity contribution in [2.75, 3.05) is 0 Å². The maximum Gasteiger partial charge on any atom is -0.00230 e. The van der Waals surface area contributed by atoms with Crippen LogP contribution in [0, 0.1) is 23.7 Å². The Balaban J connectivity index is 1.27. The fraction of sp³-hybridized carbons (Fsp3) is 0.617. The first-order chi connectivity index (χ1) is 22.8. The molecule has 0 bridgehead atoms. The van der Waals surface area contributed by atoms with Crippen LogP contribution in [0.2, 0.25) is 0 Å². The molecule has 0 nitrogen and oxygen atoms in total. The molecule has 0 saturated heterocycles. The summed E-state index contributed by atoms with van der Waals surface area (Å²) < 4.78 is 0. The molecular formula is C47H68. The van der Waals surface area contributed by atoms with Crippen molar-refractivity contribution in [3.63, 3.8) is 0 Å². The average Bonchev–Trinajstić information content (AvgIpc) is 3.47. The van der Waals surface area contributed by atoms with Crippen molar-refractivity contribution in [2.45, 2.75) is 162 Å². The Morgan fingerprint density at radius 1 is 0.851 bits per heavy atom. The first-order valence-corrected chi connectivity index (χ1v) is 20.1. The molecular weight excluding hydrogens is 565 g/mol. The van der Waals surface area contributed by atoms with Crippen LogP contribution in [0.3, 0.4) is 0 Å². The quantitative estimate of drug-likeness (QED) is 0.180. The van der Waals surface area contributed by atoms with Gasteiger partial charge in [-0.2, -0.15) is 0 Å². The second-order valence-electron chi connectivity index (χ2n) is 16.4. The lowest BCUT2D eigenvalue weighted by molar-refractivity contribution is 0.251. The molecule has 0 aliphatic heterocycles. The van der Waals surface area contributed by atoms with Gasteiger partial charge in [0.2, 0.25) is 0 Å². The van der Waals surface area contributed by atoms with Crippen LogP contribution in [0.5, 0.6) is 0 Å². The van der Waals surface area contributed by atoms with Crippen LogP contribution in [-0.2, 0) is 0 Å². The third-order valence-corrected chi connectivity index (χ3v) is 13.0. The molecule has 0 spiro atoms. The minimum Gasteiger partial charge on any atom is -0.0955 e. The molecule has 2 saturated carbocycles. The van der Waals surface area contributed by atoms with E-state index in [1.165, 1.54) is 155 Å². The molecule has 1 aromatic carbocycles. The van der Waals surface area contributed by atoms with E-state index >= 15 is 0 Å². The van der Waals surface area contributed by atoms with Crippen LogP contribution in [0.1, 0.15) is 173 Å². The molecule has 47 heavy (non-hydrogen) atoms.